The van der Waals surface area contributed by atoms with Crippen LogP contribution in [0.2, 0.25) is 0 Å². The highest BCUT2D eigenvalue weighted by Gasteiger charge is 2.16. The van der Waals surface area contributed by atoms with Crippen LogP contribution in [-0.2, 0) is 6.54 Å². The summed E-state index contributed by atoms with van der Waals surface area (Å²) in [5, 5.41) is 3.48. The van der Waals surface area contributed by atoms with E-state index in [9.17, 15) is 0 Å². The lowest BCUT2D eigenvalue weighted by Crippen LogP contribution is -2.36. The van der Waals surface area contributed by atoms with Crippen molar-refractivity contribution >= 4 is 5.82 Å². The molecule has 0 aliphatic heterocycles. The molecule has 0 radical (unpaired) electrons. The van der Waals surface area contributed by atoms with E-state index in [1.807, 2.05) is 12.3 Å². The van der Waals surface area contributed by atoms with Gasteiger partial charge in [-0.1, -0.05) is 33.8 Å². The lowest BCUT2D eigenvalue weighted by Gasteiger charge is -2.31. The molecule has 0 unspecified atom stereocenters. The number of pyridine rings is 1. The van der Waals surface area contributed by atoms with Crippen molar-refractivity contribution in [2.45, 2.75) is 60.2 Å². The lowest BCUT2D eigenvalue weighted by atomic mass is 10.1. The van der Waals surface area contributed by atoms with Crippen molar-refractivity contribution < 1.29 is 0 Å². The van der Waals surface area contributed by atoms with E-state index in [0.717, 1.165) is 18.9 Å². The molecule has 3 heteroatoms. The number of nitrogens with one attached hydrogen (secondary N) is 1. The molecule has 0 aliphatic carbocycles. The van der Waals surface area contributed by atoms with Gasteiger partial charge >= 0.3 is 0 Å². The van der Waals surface area contributed by atoms with Crippen molar-refractivity contribution in [3.63, 3.8) is 0 Å². The summed E-state index contributed by atoms with van der Waals surface area (Å²) in [6.45, 7) is 15.2. The zero-order valence-electron chi connectivity index (χ0n) is 13.3. The molecular formula is C16H29N3. The number of rotatable bonds is 7. The fourth-order valence-corrected chi connectivity index (χ4v) is 2.08. The minimum Gasteiger partial charge on any atom is -0.354 e. The molecule has 108 valence electrons. The van der Waals surface area contributed by atoms with Crippen LogP contribution in [0.15, 0.2) is 18.3 Å². The molecule has 3 nitrogen and oxygen atoms in total. The maximum atomic E-state index is 4.62. The van der Waals surface area contributed by atoms with Crippen molar-refractivity contribution in [1.29, 1.82) is 0 Å². The first-order valence-electron chi connectivity index (χ1n) is 7.35. The predicted octanol–water partition coefficient (Wildman–Crippen LogP) is 3.45. The molecule has 1 rings (SSSR count). The minimum absolute atomic E-state index is 0.468. The standard InChI is InChI=1S/C16H29N3/c1-12(2)11-19(14(5)6)16-15(8-7-9-17-16)10-18-13(3)4/h7-9,12-14,18H,10-11H2,1-6H3. The fourth-order valence-electron chi connectivity index (χ4n) is 2.08. The second-order valence-corrected chi connectivity index (χ2v) is 6.16. The Labute approximate surface area is 118 Å². The van der Waals surface area contributed by atoms with Gasteiger partial charge in [0, 0.05) is 36.9 Å². The zero-order valence-corrected chi connectivity index (χ0v) is 13.3. The number of hydrogen-bond donors (Lipinski definition) is 1. The van der Waals surface area contributed by atoms with Gasteiger partial charge in [0.05, 0.1) is 0 Å². The Balaban J connectivity index is 2.94. The Kier molecular flexibility index (Phi) is 6.29. The first kappa shape index (κ1) is 16.0. The van der Waals surface area contributed by atoms with Crippen LogP contribution in [-0.4, -0.2) is 23.6 Å². The highest BCUT2D eigenvalue weighted by atomic mass is 15.2. The number of hydrogen-bond acceptors (Lipinski definition) is 3. The van der Waals surface area contributed by atoms with Crippen molar-refractivity contribution in [1.82, 2.24) is 10.3 Å². The van der Waals surface area contributed by atoms with Crippen LogP contribution in [0.25, 0.3) is 0 Å². The van der Waals surface area contributed by atoms with Crippen LogP contribution in [0.5, 0.6) is 0 Å². The molecule has 0 fully saturated rings. The van der Waals surface area contributed by atoms with Gasteiger partial charge in [-0.25, -0.2) is 4.98 Å². The predicted molar refractivity (Wildman–Crippen MR) is 83.5 cm³/mol. The van der Waals surface area contributed by atoms with E-state index in [1.165, 1.54) is 5.56 Å². The molecule has 0 bridgehead atoms. The maximum absolute atomic E-state index is 4.62. The molecule has 1 aromatic heterocycles. The van der Waals surface area contributed by atoms with Crippen LogP contribution in [0.1, 0.15) is 47.1 Å². The molecule has 1 N–H and O–H groups in total. The van der Waals surface area contributed by atoms with Gasteiger partial charge in [-0.15, -0.1) is 0 Å². The van der Waals surface area contributed by atoms with E-state index >= 15 is 0 Å². The summed E-state index contributed by atoms with van der Waals surface area (Å²) in [6.07, 6.45) is 1.89. The first-order valence-corrected chi connectivity index (χ1v) is 7.35. The van der Waals surface area contributed by atoms with Gasteiger partial charge in [0.15, 0.2) is 0 Å². The minimum atomic E-state index is 0.468. The summed E-state index contributed by atoms with van der Waals surface area (Å²) in [5.41, 5.74) is 1.28. The summed E-state index contributed by atoms with van der Waals surface area (Å²) in [7, 11) is 0. The second kappa shape index (κ2) is 7.49. The third kappa shape index (κ3) is 5.19. The number of aromatic nitrogens is 1. The van der Waals surface area contributed by atoms with Gasteiger partial charge in [0.1, 0.15) is 5.82 Å². The van der Waals surface area contributed by atoms with Crippen LogP contribution in [0.3, 0.4) is 0 Å². The van der Waals surface area contributed by atoms with E-state index in [0.29, 0.717) is 18.0 Å². The zero-order chi connectivity index (χ0) is 14.4. The molecule has 0 aromatic carbocycles. The quantitative estimate of drug-likeness (QED) is 0.816. The molecule has 19 heavy (non-hydrogen) atoms. The SMILES string of the molecule is CC(C)CN(c1ncccc1CNC(C)C)C(C)C. The molecule has 0 spiro atoms. The first-order chi connectivity index (χ1) is 8.91. The molecule has 0 aliphatic rings. The molecule has 0 amide bonds. The number of anilines is 1. The van der Waals surface area contributed by atoms with E-state index in [2.05, 4.69) is 62.8 Å². The third-order valence-corrected chi connectivity index (χ3v) is 3.03. The van der Waals surface area contributed by atoms with E-state index < -0.39 is 0 Å². The highest BCUT2D eigenvalue weighted by Crippen LogP contribution is 2.21. The second-order valence-electron chi connectivity index (χ2n) is 6.16. The largest absolute Gasteiger partial charge is 0.354 e. The Morgan fingerprint density at radius 3 is 2.37 bits per heavy atom. The molecular weight excluding hydrogens is 234 g/mol. The van der Waals surface area contributed by atoms with Gasteiger partial charge in [-0.3, -0.25) is 0 Å². The smallest absolute Gasteiger partial charge is 0.133 e. The monoisotopic (exact) mass is 263 g/mol. The summed E-state index contributed by atoms with van der Waals surface area (Å²) < 4.78 is 0. The molecule has 0 atom stereocenters. The van der Waals surface area contributed by atoms with Crippen LogP contribution in [0.4, 0.5) is 5.82 Å². The fraction of sp³-hybridized carbons (Fsp3) is 0.688. The van der Waals surface area contributed by atoms with Crippen molar-refractivity contribution in [3.05, 3.63) is 23.9 Å². The summed E-state index contributed by atoms with van der Waals surface area (Å²) >= 11 is 0. The maximum Gasteiger partial charge on any atom is 0.133 e. The van der Waals surface area contributed by atoms with Crippen LogP contribution in [0, 0.1) is 5.92 Å². The Morgan fingerprint density at radius 2 is 1.84 bits per heavy atom. The summed E-state index contributed by atoms with van der Waals surface area (Å²) in [5.74, 6) is 1.76. The van der Waals surface area contributed by atoms with Gasteiger partial charge in [0.2, 0.25) is 0 Å². The van der Waals surface area contributed by atoms with E-state index in [4.69, 9.17) is 0 Å². The topological polar surface area (TPSA) is 28.2 Å². The van der Waals surface area contributed by atoms with Crippen LogP contribution >= 0.6 is 0 Å². The van der Waals surface area contributed by atoms with Gasteiger partial charge in [0.25, 0.3) is 0 Å². The van der Waals surface area contributed by atoms with Gasteiger partial charge in [-0.2, -0.15) is 0 Å². The molecule has 0 saturated carbocycles. The Hall–Kier alpha value is -1.09. The lowest BCUT2D eigenvalue weighted by molar-refractivity contribution is 0.555. The van der Waals surface area contributed by atoms with Gasteiger partial charge in [-0.05, 0) is 25.8 Å². The normalized spacial score (nSPS) is 11.6. The average molecular weight is 263 g/mol. The van der Waals surface area contributed by atoms with E-state index in [-0.39, 0.29) is 0 Å². The van der Waals surface area contributed by atoms with Crippen molar-refractivity contribution in [3.8, 4) is 0 Å². The molecule has 1 heterocycles. The van der Waals surface area contributed by atoms with Crippen molar-refractivity contribution in [2.75, 3.05) is 11.4 Å². The summed E-state index contributed by atoms with van der Waals surface area (Å²) in [6, 6.07) is 5.16. The van der Waals surface area contributed by atoms with E-state index in [1.54, 1.807) is 0 Å². The number of nitrogens with zero attached hydrogens (tertiary/aromatic N) is 2. The molecule has 0 saturated heterocycles. The Morgan fingerprint density at radius 1 is 1.16 bits per heavy atom. The average Bonchev–Trinajstić information content (AvgIpc) is 2.33. The van der Waals surface area contributed by atoms with Crippen LogP contribution < -0.4 is 10.2 Å². The highest BCUT2D eigenvalue weighted by molar-refractivity contribution is 5.47. The van der Waals surface area contributed by atoms with Gasteiger partial charge < -0.3 is 10.2 Å². The third-order valence-electron chi connectivity index (χ3n) is 3.03. The van der Waals surface area contributed by atoms with Crippen molar-refractivity contribution in [2.24, 2.45) is 5.92 Å². The molecule has 1 aromatic rings. The Bertz CT molecular complexity index is 372. The summed E-state index contributed by atoms with van der Waals surface area (Å²) in [4.78, 5) is 7.02.